The summed E-state index contributed by atoms with van der Waals surface area (Å²) in [6, 6.07) is 2.42. The van der Waals surface area contributed by atoms with Crippen LogP contribution in [0.25, 0.3) is 0 Å². The van der Waals surface area contributed by atoms with Crippen molar-refractivity contribution in [2.75, 3.05) is 0 Å². The third kappa shape index (κ3) is 0.412. The van der Waals surface area contributed by atoms with Crippen LogP contribution < -0.4 is 0 Å². The van der Waals surface area contributed by atoms with Crippen molar-refractivity contribution < 1.29 is 4.53 Å². The molecule has 0 aromatic carbocycles. The first-order valence-electron chi connectivity index (χ1n) is 1.06. The van der Waals surface area contributed by atoms with Crippen LogP contribution in [0.2, 0.25) is 0 Å². The summed E-state index contributed by atoms with van der Waals surface area (Å²) in [5.74, 6) is 0. The summed E-state index contributed by atoms with van der Waals surface area (Å²) in [6.07, 6.45) is 0. The van der Waals surface area contributed by atoms with Gasteiger partial charge in [0.1, 0.15) is 6.03 Å². The Hall–Kier alpha value is -0.450. The van der Waals surface area contributed by atoms with Crippen LogP contribution in [0.3, 0.4) is 0 Å². The van der Waals surface area contributed by atoms with E-state index in [1.54, 1.807) is 0 Å². The number of nitrogens with zero attached hydrogens (tertiary/aromatic N) is 1. The van der Waals surface area contributed by atoms with E-state index in [-0.39, 0.29) is 0 Å². The monoisotopic (exact) mass is 85.0 g/mol. The van der Waals surface area contributed by atoms with Crippen LogP contribution in [0.5, 0.6) is 0 Å². The Morgan fingerprint density at radius 3 is 3.20 bits per heavy atom. The molecule has 5 heavy (non-hydrogen) atoms. The first-order chi connectivity index (χ1) is 2.50. The minimum atomic E-state index is 0.802. The van der Waals surface area contributed by atoms with Crippen LogP contribution in [-0.2, 0) is 4.53 Å². The fraction of sp³-hybridized carbons (Fsp3) is 0. The van der Waals surface area contributed by atoms with Gasteiger partial charge in [-0.3, -0.25) is 4.53 Å². The first-order valence-corrected chi connectivity index (χ1v) is 1.95. The van der Waals surface area contributed by atoms with Crippen LogP contribution in [0.4, 0.5) is 0 Å². The highest BCUT2D eigenvalue weighted by atomic mass is 31.1. The zero-order valence-electron chi connectivity index (χ0n) is 2.30. The Bertz CT molecular complexity index is 101. The van der Waals surface area contributed by atoms with Crippen LogP contribution >= 0.6 is 8.20 Å². The minimum absolute atomic E-state index is 0.802. The second-order valence-corrected chi connectivity index (χ2v) is 1.09. The Labute approximate surface area is 30.6 Å². The van der Waals surface area contributed by atoms with Crippen molar-refractivity contribution >= 4 is 19.8 Å². The van der Waals surface area contributed by atoms with E-state index < -0.39 is 0 Å². The largest absolute Gasteiger partial charge is 0.260 e. The molecule has 1 aliphatic rings. The number of hydrogen-bond donors (Lipinski definition) is 0. The van der Waals surface area contributed by atoms with Crippen molar-refractivity contribution in [3.05, 3.63) is 0 Å². The molecule has 0 aliphatic carbocycles. The predicted molar refractivity (Wildman–Crippen MR) is 20.0 cm³/mol. The summed E-state index contributed by atoms with van der Waals surface area (Å²) < 4.78 is 4.20. The molecule has 0 amide bonds. The fourth-order valence-corrected chi connectivity index (χ4v) is 0.306. The van der Waals surface area contributed by atoms with E-state index in [9.17, 15) is 0 Å². The second kappa shape index (κ2) is 1.12. The van der Waals surface area contributed by atoms with Crippen LogP contribution in [0.15, 0.2) is 5.16 Å². The molecule has 0 aromatic rings. The molecule has 0 unspecified atom stereocenters. The lowest BCUT2D eigenvalue weighted by molar-refractivity contribution is 0.128. The number of hydrogen-bond acceptors (Lipinski definition) is 1. The van der Waals surface area contributed by atoms with E-state index in [1.165, 1.54) is 0 Å². The molecule has 2 nitrogen and oxygen atoms in total. The third-order valence-corrected chi connectivity index (χ3v) is 0.578. The van der Waals surface area contributed by atoms with Gasteiger partial charge >= 0.3 is 0 Å². The Kier molecular flexibility index (Phi) is 0.618. The molecular weight excluding hydrogens is 85.0 g/mol. The molecule has 0 bridgehead atoms. The summed E-state index contributed by atoms with van der Waals surface area (Å²) in [6.45, 7) is 0. The highest BCUT2D eigenvalue weighted by Gasteiger charge is 1.66. The van der Waals surface area contributed by atoms with Gasteiger partial charge in [0, 0.05) is 0 Å². The second-order valence-electron chi connectivity index (χ2n) is 0.486. The van der Waals surface area contributed by atoms with E-state index >= 15 is 0 Å². The molecule has 0 fully saturated rings. The molecule has 24 valence electrons. The molecule has 0 N–H and O–H groups in total. The van der Waals surface area contributed by atoms with E-state index in [0.717, 1.165) is 8.20 Å². The van der Waals surface area contributed by atoms with Crippen molar-refractivity contribution in [2.24, 2.45) is 5.16 Å². The van der Waals surface area contributed by atoms with Gasteiger partial charge in [-0.05, 0) is 0 Å². The van der Waals surface area contributed by atoms with Gasteiger partial charge in [-0.25, -0.2) is 0 Å². The molecule has 0 spiro atoms. The molecule has 1 rings (SSSR count). The standard InChI is InChI=1S/C2NOP/c1-3-4-2-5-1. The first kappa shape index (κ1) is 2.77. The van der Waals surface area contributed by atoms with Crippen LogP contribution in [-0.4, -0.2) is 11.6 Å². The van der Waals surface area contributed by atoms with Gasteiger partial charge in [0.05, 0.1) is 5.59 Å². The minimum Gasteiger partial charge on any atom is -0.260 e. The Morgan fingerprint density at radius 2 is 3.00 bits per heavy atom. The fourth-order valence-electron chi connectivity index (χ4n) is 0.102. The van der Waals surface area contributed by atoms with Crippen LogP contribution in [0, 0.1) is 0 Å². The molecule has 0 saturated carbocycles. The molecule has 1 heterocycles. The summed E-state index contributed by atoms with van der Waals surface area (Å²) >= 11 is 0. The van der Waals surface area contributed by atoms with Gasteiger partial charge in [0.25, 0.3) is 0 Å². The topological polar surface area (TPSA) is 23.7 Å². The van der Waals surface area contributed by atoms with Crippen molar-refractivity contribution in [2.45, 2.75) is 0 Å². The summed E-state index contributed by atoms with van der Waals surface area (Å²) in [7, 11) is 0.802. The highest BCUT2D eigenvalue weighted by Crippen LogP contribution is 1.85. The average Bonchev–Trinajstić information content (AvgIpc) is 1.76. The molecule has 1 aliphatic heterocycles. The van der Waals surface area contributed by atoms with Crippen molar-refractivity contribution in [3.63, 3.8) is 0 Å². The van der Waals surface area contributed by atoms with E-state index in [0.29, 0.717) is 0 Å². The number of carbonyl (C=O) groups excluding carboxylic acids is 1. The van der Waals surface area contributed by atoms with Crippen molar-refractivity contribution in [1.29, 1.82) is 0 Å². The molecule has 0 saturated heterocycles. The number of rotatable bonds is 0. The molecule has 0 atom stereocenters. The SMILES string of the molecule is C1=N[O+]=[C-]P=1. The lowest BCUT2D eigenvalue weighted by Gasteiger charge is -1.47. The zero-order chi connectivity index (χ0) is 3.54. The van der Waals surface area contributed by atoms with E-state index in [4.69, 9.17) is 0 Å². The van der Waals surface area contributed by atoms with Crippen molar-refractivity contribution in [3.8, 4) is 0 Å². The molecular formula is C2NOP. The van der Waals surface area contributed by atoms with E-state index in [2.05, 4.69) is 21.3 Å². The summed E-state index contributed by atoms with van der Waals surface area (Å²) in [5.41, 5.74) is 2.49. The maximum absolute atomic E-state index is 4.20. The van der Waals surface area contributed by atoms with Gasteiger partial charge in [0.2, 0.25) is 0 Å². The lowest BCUT2D eigenvalue weighted by atomic mass is 11.7. The Morgan fingerprint density at radius 1 is 2.00 bits per heavy atom. The van der Waals surface area contributed by atoms with Gasteiger partial charge in [-0.1, -0.05) is 0 Å². The zero-order valence-corrected chi connectivity index (χ0v) is 3.20. The van der Waals surface area contributed by atoms with Gasteiger partial charge in [-0.15, -0.1) is 8.20 Å². The molecule has 0 radical (unpaired) electrons. The molecule has 3 heteroatoms. The van der Waals surface area contributed by atoms with Gasteiger partial charge in [-0.2, -0.15) is 0 Å². The summed E-state index contributed by atoms with van der Waals surface area (Å²) in [5, 5.41) is 3.21. The highest BCUT2D eigenvalue weighted by molar-refractivity contribution is 7.54. The molecule has 0 aromatic heterocycles. The van der Waals surface area contributed by atoms with Crippen molar-refractivity contribution in [1.82, 2.24) is 0 Å². The van der Waals surface area contributed by atoms with Crippen LogP contribution in [0.1, 0.15) is 0 Å². The predicted octanol–water partition coefficient (Wildman–Crippen LogP) is 0.369. The summed E-state index contributed by atoms with van der Waals surface area (Å²) in [4.78, 5) is 0. The third-order valence-electron chi connectivity index (χ3n) is 0.223. The normalized spacial score (nSPS) is 17.6. The van der Waals surface area contributed by atoms with Gasteiger partial charge in [0.15, 0.2) is 5.16 Å². The maximum Gasteiger partial charge on any atom is 0.171 e. The van der Waals surface area contributed by atoms with E-state index in [1.807, 2.05) is 0 Å². The maximum atomic E-state index is 4.20. The smallest absolute Gasteiger partial charge is 0.171 e. The van der Waals surface area contributed by atoms with Gasteiger partial charge < -0.3 is 0 Å². The quantitative estimate of drug-likeness (QED) is 0.230. The average molecular weight is 85.0 g/mol. The lowest BCUT2D eigenvalue weighted by Crippen LogP contribution is -1.45. The Balaban J connectivity index is 2.98.